The fourth-order valence-corrected chi connectivity index (χ4v) is 4.07. The number of hydrogen-bond acceptors (Lipinski definition) is 5. The van der Waals surface area contributed by atoms with Gasteiger partial charge in [0.05, 0.1) is 25.5 Å². The first-order valence-electron chi connectivity index (χ1n) is 9.44. The van der Waals surface area contributed by atoms with E-state index in [1.54, 1.807) is 43.8 Å². The second-order valence-electron chi connectivity index (χ2n) is 6.90. The smallest absolute Gasteiger partial charge is 0.254 e. The molecule has 1 fully saturated rings. The lowest BCUT2D eigenvalue weighted by molar-refractivity contribution is -0.116. The average molecular weight is 403 g/mol. The molecule has 0 spiro atoms. The number of nitrogens with zero attached hydrogens (tertiary/aromatic N) is 1. The van der Waals surface area contributed by atoms with E-state index in [1.165, 1.54) is 0 Å². The van der Waals surface area contributed by atoms with Crippen molar-refractivity contribution in [2.24, 2.45) is 5.92 Å². The van der Waals surface area contributed by atoms with Crippen LogP contribution in [0.1, 0.15) is 36.0 Å². The molecule has 0 aliphatic carbocycles. The highest BCUT2D eigenvalue weighted by Gasteiger charge is 2.24. The van der Waals surface area contributed by atoms with Crippen LogP contribution in [0.25, 0.3) is 0 Å². The average Bonchev–Trinajstić information content (AvgIpc) is 3.27. The third kappa shape index (κ3) is 5.04. The van der Waals surface area contributed by atoms with Crippen molar-refractivity contribution in [1.29, 1.82) is 0 Å². The standard InChI is InChI=1S/C21H26N2O4S/c1-26-17-4-5-18(19(13-17)27-2)22-20(24)6-3-15-7-10-23(11-8-15)21(25)16-9-12-28-14-16/h4-5,9,12-15H,3,6-8,10-11H2,1-2H3,(H,22,24). The predicted octanol–water partition coefficient (Wildman–Crippen LogP) is 4.04. The van der Waals surface area contributed by atoms with Crippen molar-refractivity contribution in [2.75, 3.05) is 32.6 Å². The zero-order chi connectivity index (χ0) is 19.9. The molecule has 0 saturated carbocycles. The van der Waals surface area contributed by atoms with E-state index < -0.39 is 0 Å². The van der Waals surface area contributed by atoms with E-state index in [1.807, 2.05) is 21.7 Å². The van der Waals surface area contributed by atoms with Crippen LogP contribution in [-0.2, 0) is 4.79 Å². The maximum Gasteiger partial charge on any atom is 0.254 e. The topological polar surface area (TPSA) is 67.9 Å². The predicted molar refractivity (Wildman–Crippen MR) is 110 cm³/mol. The highest BCUT2D eigenvalue weighted by atomic mass is 32.1. The summed E-state index contributed by atoms with van der Waals surface area (Å²) in [5.74, 6) is 1.81. The van der Waals surface area contributed by atoms with Crippen LogP contribution in [0.3, 0.4) is 0 Å². The summed E-state index contributed by atoms with van der Waals surface area (Å²) in [7, 11) is 3.15. The van der Waals surface area contributed by atoms with Crippen LogP contribution in [0, 0.1) is 5.92 Å². The minimum Gasteiger partial charge on any atom is -0.497 e. The minimum atomic E-state index is -0.0276. The van der Waals surface area contributed by atoms with Crippen LogP contribution < -0.4 is 14.8 Å². The molecule has 2 heterocycles. The molecule has 3 rings (SSSR count). The van der Waals surface area contributed by atoms with Gasteiger partial charge < -0.3 is 19.7 Å². The second kappa shape index (κ2) is 9.59. The molecule has 1 aliphatic heterocycles. The Balaban J connectivity index is 1.44. The van der Waals surface area contributed by atoms with E-state index in [0.29, 0.717) is 29.5 Å². The van der Waals surface area contributed by atoms with Gasteiger partial charge in [-0.15, -0.1) is 0 Å². The molecule has 0 bridgehead atoms. The Morgan fingerprint density at radius 3 is 2.61 bits per heavy atom. The number of piperidine rings is 1. The van der Waals surface area contributed by atoms with Crippen molar-refractivity contribution >= 4 is 28.8 Å². The minimum absolute atomic E-state index is 0.0276. The van der Waals surface area contributed by atoms with Crippen LogP contribution in [-0.4, -0.2) is 44.0 Å². The lowest BCUT2D eigenvalue weighted by Crippen LogP contribution is -2.38. The Hall–Kier alpha value is -2.54. The van der Waals surface area contributed by atoms with Gasteiger partial charge in [0.1, 0.15) is 11.5 Å². The quantitative estimate of drug-likeness (QED) is 0.759. The number of likely N-dealkylation sites (tertiary alicyclic amines) is 1. The Kier molecular flexibility index (Phi) is 6.92. The van der Waals surface area contributed by atoms with E-state index >= 15 is 0 Å². The van der Waals surface area contributed by atoms with Crippen molar-refractivity contribution in [1.82, 2.24) is 4.90 Å². The first-order chi connectivity index (χ1) is 13.6. The molecule has 0 radical (unpaired) electrons. The SMILES string of the molecule is COc1ccc(NC(=O)CCC2CCN(C(=O)c3ccsc3)CC2)c(OC)c1. The maximum atomic E-state index is 12.4. The van der Waals surface area contributed by atoms with Gasteiger partial charge in [-0.2, -0.15) is 11.3 Å². The Labute approximate surface area is 169 Å². The van der Waals surface area contributed by atoms with Crippen LogP contribution in [0.15, 0.2) is 35.0 Å². The lowest BCUT2D eigenvalue weighted by Gasteiger charge is -2.31. The van der Waals surface area contributed by atoms with Gasteiger partial charge in [-0.25, -0.2) is 0 Å². The van der Waals surface area contributed by atoms with Crippen LogP contribution in [0.2, 0.25) is 0 Å². The number of anilines is 1. The molecule has 150 valence electrons. The third-order valence-electron chi connectivity index (χ3n) is 5.13. The summed E-state index contributed by atoms with van der Waals surface area (Å²) >= 11 is 1.54. The summed E-state index contributed by atoms with van der Waals surface area (Å²) in [6.07, 6.45) is 3.16. The molecule has 28 heavy (non-hydrogen) atoms. The van der Waals surface area contributed by atoms with Gasteiger partial charge in [-0.1, -0.05) is 0 Å². The largest absolute Gasteiger partial charge is 0.497 e. The highest BCUT2D eigenvalue weighted by molar-refractivity contribution is 7.08. The van der Waals surface area contributed by atoms with Gasteiger partial charge in [-0.3, -0.25) is 9.59 Å². The van der Waals surface area contributed by atoms with Crippen molar-refractivity contribution in [2.45, 2.75) is 25.7 Å². The monoisotopic (exact) mass is 402 g/mol. The number of carbonyl (C=O) groups is 2. The fourth-order valence-electron chi connectivity index (χ4n) is 3.44. The Morgan fingerprint density at radius 1 is 1.18 bits per heavy atom. The van der Waals surface area contributed by atoms with Crippen molar-refractivity contribution in [3.8, 4) is 11.5 Å². The zero-order valence-electron chi connectivity index (χ0n) is 16.3. The molecule has 0 atom stereocenters. The van der Waals surface area contributed by atoms with Gasteiger partial charge in [-0.05, 0) is 48.8 Å². The van der Waals surface area contributed by atoms with Crippen molar-refractivity contribution in [3.05, 3.63) is 40.6 Å². The molecule has 1 aromatic heterocycles. The van der Waals surface area contributed by atoms with Crippen LogP contribution in [0.5, 0.6) is 11.5 Å². The van der Waals surface area contributed by atoms with Gasteiger partial charge in [0.25, 0.3) is 5.91 Å². The molecular formula is C21H26N2O4S. The van der Waals surface area contributed by atoms with E-state index in [-0.39, 0.29) is 11.8 Å². The second-order valence-corrected chi connectivity index (χ2v) is 7.68. The molecule has 0 unspecified atom stereocenters. The Morgan fingerprint density at radius 2 is 1.96 bits per heavy atom. The number of rotatable bonds is 7. The third-order valence-corrected chi connectivity index (χ3v) is 5.82. The molecule has 7 heteroatoms. The highest BCUT2D eigenvalue weighted by Crippen LogP contribution is 2.29. The molecular weight excluding hydrogens is 376 g/mol. The van der Waals surface area contributed by atoms with E-state index in [9.17, 15) is 9.59 Å². The lowest BCUT2D eigenvalue weighted by atomic mass is 9.92. The first kappa shape index (κ1) is 20.2. The number of benzene rings is 1. The molecule has 1 N–H and O–H groups in total. The molecule has 2 aromatic rings. The van der Waals surface area contributed by atoms with Crippen molar-refractivity contribution in [3.63, 3.8) is 0 Å². The summed E-state index contributed by atoms with van der Waals surface area (Å²) < 4.78 is 10.5. The normalized spacial score (nSPS) is 14.6. The molecule has 1 aliphatic rings. The van der Waals surface area contributed by atoms with Gasteiger partial charge in [0.2, 0.25) is 5.91 Å². The fraction of sp³-hybridized carbons (Fsp3) is 0.429. The summed E-state index contributed by atoms with van der Waals surface area (Å²) in [6, 6.07) is 7.19. The van der Waals surface area contributed by atoms with Crippen molar-refractivity contribution < 1.29 is 19.1 Å². The van der Waals surface area contributed by atoms with Crippen LogP contribution >= 0.6 is 11.3 Å². The number of hydrogen-bond donors (Lipinski definition) is 1. The summed E-state index contributed by atoms with van der Waals surface area (Å²) in [5, 5.41) is 6.74. The number of thiophene rings is 1. The van der Waals surface area contributed by atoms with E-state index in [2.05, 4.69) is 5.32 Å². The summed E-state index contributed by atoms with van der Waals surface area (Å²) in [4.78, 5) is 26.7. The number of ether oxygens (including phenoxy) is 2. The van der Waals surface area contributed by atoms with Gasteiger partial charge in [0.15, 0.2) is 0 Å². The zero-order valence-corrected chi connectivity index (χ0v) is 17.1. The number of amides is 2. The van der Waals surface area contributed by atoms with E-state index in [0.717, 1.165) is 37.9 Å². The summed E-state index contributed by atoms with van der Waals surface area (Å²) in [6.45, 7) is 1.51. The first-order valence-corrected chi connectivity index (χ1v) is 10.4. The van der Waals surface area contributed by atoms with Crippen LogP contribution in [0.4, 0.5) is 5.69 Å². The maximum absolute atomic E-state index is 12.4. The number of nitrogens with one attached hydrogen (secondary N) is 1. The number of methoxy groups -OCH3 is 2. The number of carbonyl (C=O) groups excluding carboxylic acids is 2. The van der Waals surface area contributed by atoms with Gasteiger partial charge in [0, 0.05) is 31.0 Å². The Bertz CT molecular complexity index is 799. The molecule has 2 amide bonds. The molecule has 1 aromatic carbocycles. The molecule has 6 nitrogen and oxygen atoms in total. The molecule has 1 saturated heterocycles. The van der Waals surface area contributed by atoms with E-state index in [4.69, 9.17) is 9.47 Å². The summed E-state index contributed by atoms with van der Waals surface area (Å²) in [5.41, 5.74) is 1.42. The van der Waals surface area contributed by atoms with Gasteiger partial charge >= 0.3 is 0 Å².